The summed E-state index contributed by atoms with van der Waals surface area (Å²) in [4.78, 5) is 27.3. The van der Waals surface area contributed by atoms with Crippen LogP contribution in [0, 0.1) is 0 Å². The van der Waals surface area contributed by atoms with Crippen LogP contribution in [0.25, 0.3) is 0 Å². The zero-order valence-corrected chi connectivity index (χ0v) is 17.0. The molecule has 3 rings (SSSR count). The van der Waals surface area contributed by atoms with Crippen LogP contribution < -0.4 is 15.5 Å². The lowest BCUT2D eigenvalue weighted by atomic mass is 10.1. The molecule has 6 heteroatoms. The Morgan fingerprint density at radius 1 is 1.04 bits per heavy atom. The number of hydrogen-bond acceptors (Lipinski definition) is 3. The van der Waals surface area contributed by atoms with Crippen LogP contribution in [-0.2, 0) is 4.79 Å². The summed E-state index contributed by atoms with van der Waals surface area (Å²) in [6, 6.07) is 15.2. The maximum atomic E-state index is 13.1. The van der Waals surface area contributed by atoms with E-state index in [1.165, 1.54) is 0 Å². The number of halogens is 1. The van der Waals surface area contributed by atoms with Crippen LogP contribution in [-0.4, -0.2) is 30.3 Å². The van der Waals surface area contributed by atoms with Crippen molar-refractivity contribution in [3.8, 4) is 0 Å². The van der Waals surface area contributed by atoms with E-state index in [1.54, 1.807) is 13.0 Å². The van der Waals surface area contributed by atoms with Gasteiger partial charge in [0.2, 0.25) is 5.91 Å². The van der Waals surface area contributed by atoms with Crippen molar-refractivity contribution in [3.05, 3.63) is 59.7 Å². The number of benzene rings is 2. The van der Waals surface area contributed by atoms with Gasteiger partial charge in [0.05, 0.1) is 11.6 Å². The van der Waals surface area contributed by atoms with Gasteiger partial charge in [0.15, 0.2) is 0 Å². The molecular formula is C22H26ClN3O2. The summed E-state index contributed by atoms with van der Waals surface area (Å²) in [5.41, 5.74) is 3.06. The number of carbonyl (C=O) groups is 2. The molecule has 2 atom stereocenters. The van der Waals surface area contributed by atoms with Crippen molar-refractivity contribution in [2.24, 2.45) is 0 Å². The van der Waals surface area contributed by atoms with Gasteiger partial charge in [0, 0.05) is 24.5 Å². The standard InChI is InChI=1S/C22H26ClN3O2/c1-15(23)21(27)25-18-10-11-20(26-12-6-7-13-26)19(14-18)22(28)24-16(2)17-8-4-3-5-9-17/h3-5,8-11,14-16H,6-7,12-13H2,1-2H3,(H,24,28)(H,25,27)/t15-,16+/m0/s1. The molecule has 2 amide bonds. The first kappa shape index (κ1) is 20.2. The Morgan fingerprint density at radius 3 is 2.36 bits per heavy atom. The minimum Gasteiger partial charge on any atom is -0.371 e. The van der Waals surface area contributed by atoms with E-state index in [0.29, 0.717) is 11.3 Å². The highest BCUT2D eigenvalue weighted by molar-refractivity contribution is 6.32. The minimum atomic E-state index is -0.645. The van der Waals surface area contributed by atoms with Crippen molar-refractivity contribution in [3.63, 3.8) is 0 Å². The van der Waals surface area contributed by atoms with E-state index in [-0.39, 0.29) is 17.9 Å². The van der Waals surface area contributed by atoms with Crippen molar-refractivity contribution in [2.45, 2.75) is 38.1 Å². The molecule has 1 fully saturated rings. The minimum absolute atomic E-state index is 0.124. The molecule has 28 heavy (non-hydrogen) atoms. The fraction of sp³-hybridized carbons (Fsp3) is 0.364. The average Bonchev–Trinajstić information content (AvgIpc) is 3.23. The number of amides is 2. The molecule has 0 saturated carbocycles. The number of rotatable bonds is 6. The zero-order valence-electron chi connectivity index (χ0n) is 16.2. The second-order valence-electron chi connectivity index (χ2n) is 7.14. The molecule has 1 aliphatic rings. The highest BCUT2D eigenvalue weighted by atomic mass is 35.5. The zero-order chi connectivity index (χ0) is 20.1. The van der Waals surface area contributed by atoms with Gasteiger partial charge in [-0.15, -0.1) is 11.6 Å². The van der Waals surface area contributed by atoms with Gasteiger partial charge in [-0.3, -0.25) is 9.59 Å². The van der Waals surface area contributed by atoms with Gasteiger partial charge in [-0.25, -0.2) is 0 Å². The fourth-order valence-electron chi connectivity index (χ4n) is 3.37. The Kier molecular flexibility index (Phi) is 6.57. The normalized spacial score (nSPS) is 15.8. The molecule has 0 unspecified atom stereocenters. The predicted molar refractivity (Wildman–Crippen MR) is 114 cm³/mol. The molecule has 1 saturated heterocycles. The molecule has 0 aliphatic carbocycles. The first-order chi connectivity index (χ1) is 13.5. The van der Waals surface area contributed by atoms with E-state index < -0.39 is 5.38 Å². The average molecular weight is 400 g/mol. The summed E-state index contributed by atoms with van der Waals surface area (Å²) in [7, 11) is 0. The summed E-state index contributed by atoms with van der Waals surface area (Å²) < 4.78 is 0. The molecule has 2 aromatic rings. The summed E-state index contributed by atoms with van der Waals surface area (Å²) in [5.74, 6) is -0.451. The Hall–Kier alpha value is -2.53. The molecule has 0 spiro atoms. The van der Waals surface area contributed by atoms with E-state index in [4.69, 9.17) is 11.6 Å². The van der Waals surface area contributed by atoms with Crippen molar-refractivity contribution in [1.82, 2.24) is 5.32 Å². The first-order valence-corrected chi connectivity index (χ1v) is 10.1. The monoisotopic (exact) mass is 399 g/mol. The van der Waals surface area contributed by atoms with Gasteiger partial charge in [-0.1, -0.05) is 30.3 Å². The van der Waals surface area contributed by atoms with Crippen molar-refractivity contribution < 1.29 is 9.59 Å². The van der Waals surface area contributed by atoms with Gasteiger partial charge >= 0.3 is 0 Å². The van der Waals surface area contributed by atoms with Crippen molar-refractivity contribution >= 4 is 34.8 Å². The van der Waals surface area contributed by atoms with Crippen LogP contribution in [0.3, 0.4) is 0 Å². The Morgan fingerprint density at radius 2 is 1.71 bits per heavy atom. The van der Waals surface area contributed by atoms with E-state index in [0.717, 1.165) is 37.2 Å². The van der Waals surface area contributed by atoms with Crippen LogP contribution in [0.2, 0.25) is 0 Å². The molecule has 5 nitrogen and oxygen atoms in total. The van der Waals surface area contributed by atoms with Crippen LogP contribution in [0.4, 0.5) is 11.4 Å². The Bertz CT molecular complexity index is 833. The molecule has 2 N–H and O–H groups in total. The van der Waals surface area contributed by atoms with Gasteiger partial charge < -0.3 is 15.5 Å². The third kappa shape index (κ3) is 4.84. The molecule has 148 valence electrons. The van der Waals surface area contributed by atoms with Crippen LogP contribution >= 0.6 is 11.6 Å². The van der Waals surface area contributed by atoms with E-state index in [1.807, 2.05) is 49.4 Å². The molecular weight excluding hydrogens is 374 g/mol. The number of carbonyl (C=O) groups excluding carboxylic acids is 2. The highest BCUT2D eigenvalue weighted by Gasteiger charge is 2.22. The second-order valence-corrected chi connectivity index (χ2v) is 7.79. The number of nitrogens with one attached hydrogen (secondary N) is 2. The van der Waals surface area contributed by atoms with Gasteiger partial charge in [-0.2, -0.15) is 0 Å². The maximum absolute atomic E-state index is 13.1. The maximum Gasteiger partial charge on any atom is 0.253 e. The molecule has 0 radical (unpaired) electrons. The van der Waals surface area contributed by atoms with Gasteiger partial charge in [0.1, 0.15) is 5.38 Å². The summed E-state index contributed by atoms with van der Waals surface area (Å²) in [5, 5.41) is 5.20. The smallest absolute Gasteiger partial charge is 0.253 e. The lowest BCUT2D eigenvalue weighted by Gasteiger charge is -2.23. The Balaban J connectivity index is 1.86. The number of hydrogen-bond donors (Lipinski definition) is 2. The fourth-order valence-corrected chi connectivity index (χ4v) is 3.43. The van der Waals surface area contributed by atoms with Crippen LogP contribution in [0.5, 0.6) is 0 Å². The summed E-state index contributed by atoms with van der Waals surface area (Å²) in [6.07, 6.45) is 2.23. The van der Waals surface area contributed by atoms with Crippen molar-refractivity contribution in [1.29, 1.82) is 0 Å². The SMILES string of the molecule is C[C@H](Cl)C(=O)Nc1ccc(N2CCCC2)c(C(=O)N[C@H](C)c2ccccc2)c1. The third-order valence-electron chi connectivity index (χ3n) is 4.96. The third-order valence-corrected chi connectivity index (χ3v) is 5.16. The van der Waals surface area contributed by atoms with Crippen LogP contribution in [0.15, 0.2) is 48.5 Å². The summed E-state index contributed by atoms with van der Waals surface area (Å²) >= 11 is 5.85. The quantitative estimate of drug-likeness (QED) is 0.710. The molecule has 0 bridgehead atoms. The van der Waals surface area contributed by atoms with E-state index >= 15 is 0 Å². The lowest BCUT2D eigenvalue weighted by Crippen LogP contribution is -2.30. The molecule has 1 aliphatic heterocycles. The highest BCUT2D eigenvalue weighted by Crippen LogP contribution is 2.28. The number of nitrogens with zero attached hydrogens (tertiary/aromatic N) is 1. The van der Waals surface area contributed by atoms with Crippen molar-refractivity contribution in [2.75, 3.05) is 23.3 Å². The topological polar surface area (TPSA) is 61.4 Å². The largest absolute Gasteiger partial charge is 0.371 e. The van der Waals surface area contributed by atoms with E-state index in [9.17, 15) is 9.59 Å². The predicted octanol–water partition coefficient (Wildman–Crippen LogP) is 4.34. The van der Waals surface area contributed by atoms with Gasteiger partial charge in [-0.05, 0) is 50.5 Å². The molecule has 1 heterocycles. The second kappa shape index (κ2) is 9.11. The first-order valence-electron chi connectivity index (χ1n) is 9.65. The lowest BCUT2D eigenvalue weighted by molar-refractivity contribution is -0.115. The molecule has 2 aromatic carbocycles. The summed E-state index contributed by atoms with van der Waals surface area (Å²) in [6.45, 7) is 5.44. The van der Waals surface area contributed by atoms with E-state index in [2.05, 4.69) is 15.5 Å². The van der Waals surface area contributed by atoms with Gasteiger partial charge in [0.25, 0.3) is 5.91 Å². The number of anilines is 2. The number of alkyl halides is 1. The Labute approximate surface area is 171 Å². The molecule has 0 aromatic heterocycles. The van der Waals surface area contributed by atoms with Crippen LogP contribution in [0.1, 0.15) is 48.7 Å².